The van der Waals surface area contributed by atoms with E-state index in [-0.39, 0.29) is 11.4 Å². The quantitative estimate of drug-likeness (QED) is 0.427. The Morgan fingerprint density at radius 3 is 2.53 bits per heavy atom. The molecule has 0 aliphatic rings. The second kappa shape index (κ2) is 5.24. The van der Waals surface area contributed by atoms with Crippen molar-refractivity contribution in [3.05, 3.63) is 37.1 Å². The molecule has 0 aromatic heterocycles. The molecular weight excluding hydrogens is 374 g/mol. The monoisotopic (exact) mass is 376 g/mol. The van der Waals surface area contributed by atoms with Crippen molar-refractivity contribution in [2.24, 2.45) is 0 Å². The number of allylic oxidation sites excluding steroid dienone is 1. The number of rotatable bonds is 1. The van der Waals surface area contributed by atoms with Crippen LogP contribution >= 0.6 is 38.5 Å². The zero-order chi connectivity index (χ0) is 11.4. The fourth-order valence-electron chi connectivity index (χ4n) is 0.897. The van der Waals surface area contributed by atoms with Crippen molar-refractivity contribution in [2.75, 3.05) is 0 Å². The van der Waals surface area contributed by atoms with Gasteiger partial charge in [0, 0.05) is 0 Å². The maximum atomic E-state index is 13.4. The number of hydrogen-bond acceptors (Lipinski definition) is 2. The van der Waals surface area contributed by atoms with E-state index in [2.05, 4.69) is 15.9 Å². The molecule has 0 saturated heterocycles. The first-order valence-electron chi connectivity index (χ1n) is 3.75. The van der Waals surface area contributed by atoms with Gasteiger partial charge in [-0.15, -0.1) is 0 Å². The number of benzene rings is 1. The average Bonchev–Trinajstić information content (AvgIpc) is 2.25. The lowest BCUT2D eigenvalue weighted by Gasteiger charge is -2.01. The minimum atomic E-state index is -0.389. The van der Waals surface area contributed by atoms with Crippen LogP contribution in [0, 0.1) is 32.0 Å². The average molecular weight is 377 g/mol. The van der Waals surface area contributed by atoms with Crippen LogP contribution in [0.1, 0.15) is 5.56 Å². The van der Waals surface area contributed by atoms with Crippen molar-refractivity contribution in [3.63, 3.8) is 0 Å². The highest BCUT2D eigenvalue weighted by Gasteiger charge is 2.08. The molecule has 0 radical (unpaired) electrons. The molecule has 0 saturated carbocycles. The third-order valence-electron chi connectivity index (χ3n) is 1.61. The van der Waals surface area contributed by atoms with Crippen LogP contribution < -0.4 is 0 Å². The van der Waals surface area contributed by atoms with Crippen LogP contribution in [0.4, 0.5) is 4.39 Å². The van der Waals surface area contributed by atoms with E-state index in [9.17, 15) is 4.39 Å². The van der Waals surface area contributed by atoms with Gasteiger partial charge in [-0.25, -0.2) is 4.39 Å². The molecule has 0 aliphatic heterocycles. The highest BCUT2D eigenvalue weighted by atomic mass is 127. The van der Waals surface area contributed by atoms with Gasteiger partial charge in [0.1, 0.15) is 17.7 Å². The maximum absolute atomic E-state index is 13.4. The predicted octanol–water partition coefficient (Wildman–Crippen LogP) is 3.62. The molecular formula is C10H3BrFIN2. The summed E-state index contributed by atoms with van der Waals surface area (Å²) in [5.74, 6) is -0.389. The molecule has 0 N–H and O–H groups in total. The van der Waals surface area contributed by atoms with Crippen molar-refractivity contribution in [1.29, 1.82) is 10.5 Å². The largest absolute Gasteiger partial charge is 0.205 e. The lowest BCUT2D eigenvalue weighted by Crippen LogP contribution is -1.89. The van der Waals surface area contributed by atoms with E-state index in [1.807, 2.05) is 22.6 Å². The number of nitriles is 2. The van der Waals surface area contributed by atoms with Gasteiger partial charge in [0.2, 0.25) is 0 Å². The molecule has 0 unspecified atom stereocenters. The van der Waals surface area contributed by atoms with Gasteiger partial charge in [0.05, 0.1) is 8.04 Å². The van der Waals surface area contributed by atoms with Gasteiger partial charge >= 0.3 is 0 Å². The molecule has 2 nitrogen and oxygen atoms in total. The Bertz CT molecular complexity index is 495. The Labute approximate surface area is 108 Å². The Kier molecular flexibility index (Phi) is 4.25. The molecule has 15 heavy (non-hydrogen) atoms. The van der Waals surface area contributed by atoms with Crippen LogP contribution in [0.3, 0.4) is 0 Å². The van der Waals surface area contributed by atoms with Crippen LogP contribution in [-0.4, -0.2) is 0 Å². The zero-order valence-electron chi connectivity index (χ0n) is 7.26. The normalized spacial score (nSPS) is 8.87. The van der Waals surface area contributed by atoms with Crippen LogP contribution in [0.25, 0.3) is 6.08 Å². The molecule has 5 heteroatoms. The van der Waals surface area contributed by atoms with Gasteiger partial charge in [0.25, 0.3) is 0 Å². The molecule has 0 bridgehead atoms. The SMILES string of the molecule is N#CC(C#N)=Cc1ccc(Br)c(F)c1I. The summed E-state index contributed by atoms with van der Waals surface area (Å²) < 4.78 is 14.1. The molecule has 0 atom stereocenters. The van der Waals surface area contributed by atoms with E-state index < -0.39 is 0 Å². The lowest BCUT2D eigenvalue weighted by molar-refractivity contribution is 0.613. The van der Waals surface area contributed by atoms with Gasteiger partial charge in [-0.1, -0.05) is 6.07 Å². The van der Waals surface area contributed by atoms with E-state index in [4.69, 9.17) is 10.5 Å². The molecule has 0 heterocycles. The van der Waals surface area contributed by atoms with Gasteiger partial charge in [-0.05, 0) is 56.2 Å². The fraction of sp³-hybridized carbons (Fsp3) is 0. The van der Waals surface area contributed by atoms with E-state index in [0.29, 0.717) is 13.6 Å². The molecule has 0 aliphatic carbocycles. The summed E-state index contributed by atoms with van der Waals surface area (Å²) in [6.45, 7) is 0. The topological polar surface area (TPSA) is 47.6 Å². The van der Waals surface area contributed by atoms with E-state index in [1.54, 1.807) is 18.2 Å². The fourth-order valence-corrected chi connectivity index (χ4v) is 2.22. The minimum absolute atomic E-state index is 0.0466. The summed E-state index contributed by atoms with van der Waals surface area (Å²) in [5, 5.41) is 17.1. The van der Waals surface area contributed by atoms with E-state index >= 15 is 0 Å². The second-order valence-electron chi connectivity index (χ2n) is 2.55. The standard InChI is InChI=1S/C10H3BrFIN2/c11-8-2-1-7(10(13)9(8)12)3-6(4-14)5-15/h1-3H. The second-order valence-corrected chi connectivity index (χ2v) is 4.48. The first kappa shape index (κ1) is 12.2. The van der Waals surface area contributed by atoms with Gasteiger partial charge < -0.3 is 0 Å². The summed E-state index contributed by atoms with van der Waals surface area (Å²) in [4.78, 5) is 0. The third kappa shape index (κ3) is 2.77. The van der Waals surface area contributed by atoms with E-state index in [0.717, 1.165) is 0 Å². The van der Waals surface area contributed by atoms with Gasteiger partial charge in [-0.3, -0.25) is 0 Å². The van der Waals surface area contributed by atoms with E-state index in [1.165, 1.54) is 12.1 Å². The number of hydrogen-bond donors (Lipinski definition) is 0. The minimum Gasteiger partial charge on any atom is -0.205 e. The highest BCUT2D eigenvalue weighted by molar-refractivity contribution is 14.1. The molecule has 0 fully saturated rings. The highest BCUT2D eigenvalue weighted by Crippen LogP contribution is 2.25. The molecule has 1 aromatic rings. The van der Waals surface area contributed by atoms with Crippen molar-refractivity contribution >= 4 is 44.6 Å². The summed E-state index contributed by atoms with van der Waals surface area (Å²) in [6, 6.07) is 6.63. The van der Waals surface area contributed by atoms with Crippen molar-refractivity contribution in [1.82, 2.24) is 0 Å². The Balaban J connectivity index is 3.32. The molecule has 1 rings (SSSR count). The molecule has 74 valence electrons. The Morgan fingerprint density at radius 1 is 1.40 bits per heavy atom. The summed E-state index contributed by atoms with van der Waals surface area (Å²) in [6.07, 6.45) is 1.36. The number of halogens is 3. The summed E-state index contributed by atoms with van der Waals surface area (Å²) in [7, 11) is 0. The molecule has 0 amide bonds. The maximum Gasteiger partial charge on any atom is 0.151 e. The van der Waals surface area contributed by atoms with Crippen molar-refractivity contribution in [2.45, 2.75) is 0 Å². The smallest absolute Gasteiger partial charge is 0.151 e. The summed E-state index contributed by atoms with van der Waals surface area (Å²) in [5.41, 5.74) is 0.476. The van der Waals surface area contributed by atoms with Crippen LogP contribution in [0.2, 0.25) is 0 Å². The predicted molar refractivity (Wildman–Crippen MR) is 66.0 cm³/mol. The Morgan fingerprint density at radius 2 is 2.00 bits per heavy atom. The Hall–Kier alpha value is -0.920. The first-order valence-corrected chi connectivity index (χ1v) is 5.62. The molecule has 1 aromatic carbocycles. The number of nitrogens with zero attached hydrogens (tertiary/aromatic N) is 2. The lowest BCUT2D eigenvalue weighted by atomic mass is 10.1. The van der Waals surface area contributed by atoms with Crippen LogP contribution in [0.5, 0.6) is 0 Å². The van der Waals surface area contributed by atoms with Crippen molar-refractivity contribution < 1.29 is 4.39 Å². The first-order chi connectivity index (χ1) is 7.10. The third-order valence-corrected chi connectivity index (χ3v) is 3.31. The van der Waals surface area contributed by atoms with Gasteiger partial charge in [0.15, 0.2) is 5.82 Å². The van der Waals surface area contributed by atoms with Crippen molar-refractivity contribution in [3.8, 4) is 12.1 Å². The van der Waals surface area contributed by atoms with Crippen LogP contribution in [-0.2, 0) is 0 Å². The summed E-state index contributed by atoms with van der Waals surface area (Å²) >= 11 is 4.88. The van der Waals surface area contributed by atoms with Crippen LogP contribution in [0.15, 0.2) is 22.2 Å². The molecule has 0 spiro atoms. The zero-order valence-corrected chi connectivity index (χ0v) is 11.0. The van der Waals surface area contributed by atoms with Gasteiger partial charge in [-0.2, -0.15) is 10.5 Å².